The van der Waals surface area contributed by atoms with Gasteiger partial charge < -0.3 is 0 Å². The second-order valence-corrected chi connectivity index (χ2v) is 2.46. The van der Waals surface area contributed by atoms with Gasteiger partial charge >= 0.3 is 0 Å². The zero-order valence-electron chi connectivity index (χ0n) is 7.62. The fraction of sp³-hybridized carbons (Fsp3) is 0.250. The standard InChI is InChI=1S/C8H8F2N2O2/c1-12(14-2)8(13)7-5(9)3-11-4-6(7)10/h3-4H,1-2H3. The molecule has 4 nitrogen and oxygen atoms in total. The third-order valence-corrected chi connectivity index (χ3v) is 1.63. The number of pyridine rings is 1. The minimum Gasteiger partial charge on any atom is -0.274 e. The fourth-order valence-corrected chi connectivity index (χ4v) is 0.856. The molecule has 0 aliphatic rings. The second kappa shape index (κ2) is 4.10. The number of rotatable bonds is 2. The maximum Gasteiger partial charge on any atom is 0.283 e. The Balaban J connectivity index is 3.12. The van der Waals surface area contributed by atoms with E-state index in [9.17, 15) is 13.6 Å². The van der Waals surface area contributed by atoms with Crippen molar-refractivity contribution in [2.24, 2.45) is 0 Å². The molecule has 1 amide bonds. The summed E-state index contributed by atoms with van der Waals surface area (Å²) < 4.78 is 26.0. The topological polar surface area (TPSA) is 42.4 Å². The first kappa shape index (κ1) is 10.5. The van der Waals surface area contributed by atoms with Crippen molar-refractivity contribution >= 4 is 5.91 Å². The Morgan fingerprint density at radius 2 is 1.93 bits per heavy atom. The molecule has 76 valence electrons. The van der Waals surface area contributed by atoms with Crippen LogP contribution < -0.4 is 0 Å². The molecule has 1 aromatic rings. The van der Waals surface area contributed by atoms with Crippen molar-refractivity contribution in [2.75, 3.05) is 14.2 Å². The minimum atomic E-state index is -1.01. The Bertz CT molecular complexity index is 337. The number of carbonyl (C=O) groups excluding carboxylic acids is 1. The summed E-state index contributed by atoms with van der Waals surface area (Å²) in [5.41, 5.74) is -0.677. The lowest BCUT2D eigenvalue weighted by molar-refractivity contribution is -0.0762. The van der Waals surface area contributed by atoms with E-state index in [0.717, 1.165) is 17.5 Å². The molecule has 1 heterocycles. The van der Waals surface area contributed by atoms with Crippen LogP contribution in [0.4, 0.5) is 8.78 Å². The van der Waals surface area contributed by atoms with E-state index in [1.54, 1.807) is 0 Å². The van der Waals surface area contributed by atoms with Crippen molar-refractivity contribution in [1.29, 1.82) is 0 Å². The van der Waals surface area contributed by atoms with E-state index in [2.05, 4.69) is 9.82 Å². The molecule has 0 atom stereocenters. The van der Waals surface area contributed by atoms with E-state index in [0.29, 0.717) is 0 Å². The highest BCUT2D eigenvalue weighted by atomic mass is 19.1. The molecule has 0 aliphatic heterocycles. The van der Waals surface area contributed by atoms with Gasteiger partial charge in [0.1, 0.15) is 5.56 Å². The van der Waals surface area contributed by atoms with Gasteiger partial charge in [-0.25, -0.2) is 13.8 Å². The summed E-state index contributed by atoms with van der Waals surface area (Å²) in [5, 5.41) is 0.724. The first-order chi connectivity index (χ1) is 6.57. The molecule has 0 fully saturated rings. The molecule has 6 heteroatoms. The van der Waals surface area contributed by atoms with Crippen LogP contribution in [0.1, 0.15) is 10.4 Å². The van der Waals surface area contributed by atoms with Crippen molar-refractivity contribution in [2.45, 2.75) is 0 Å². The molecule has 0 bridgehead atoms. The average molecular weight is 202 g/mol. The van der Waals surface area contributed by atoms with Gasteiger partial charge in [0.05, 0.1) is 19.5 Å². The molecule has 0 saturated carbocycles. The molecule has 0 unspecified atom stereocenters. The van der Waals surface area contributed by atoms with Crippen LogP contribution in [-0.2, 0) is 4.84 Å². The molecule has 0 aliphatic carbocycles. The Morgan fingerprint density at radius 1 is 1.43 bits per heavy atom. The summed E-state index contributed by atoms with van der Waals surface area (Å²) in [7, 11) is 2.47. The summed E-state index contributed by atoms with van der Waals surface area (Å²) in [6.07, 6.45) is 1.53. The van der Waals surface area contributed by atoms with Gasteiger partial charge in [0.2, 0.25) is 0 Å². The number of halogens is 2. The van der Waals surface area contributed by atoms with Gasteiger partial charge in [-0.1, -0.05) is 0 Å². The first-order valence-electron chi connectivity index (χ1n) is 3.69. The van der Waals surface area contributed by atoms with Crippen LogP contribution in [0.25, 0.3) is 0 Å². The largest absolute Gasteiger partial charge is 0.283 e. The summed E-state index contributed by atoms with van der Waals surface area (Å²) in [6, 6.07) is 0. The lowest BCUT2D eigenvalue weighted by Gasteiger charge is -2.13. The summed E-state index contributed by atoms with van der Waals surface area (Å²) in [6.45, 7) is 0. The van der Waals surface area contributed by atoms with Gasteiger partial charge in [-0.05, 0) is 0 Å². The van der Waals surface area contributed by atoms with Crippen LogP contribution in [0.3, 0.4) is 0 Å². The highest BCUT2D eigenvalue weighted by molar-refractivity contribution is 5.93. The van der Waals surface area contributed by atoms with Gasteiger partial charge in [0.15, 0.2) is 11.6 Å². The predicted molar refractivity (Wildman–Crippen MR) is 43.3 cm³/mol. The van der Waals surface area contributed by atoms with Crippen molar-refractivity contribution in [3.63, 3.8) is 0 Å². The number of nitrogens with zero attached hydrogens (tertiary/aromatic N) is 2. The smallest absolute Gasteiger partial charge is 0.274 e. The number of aromatic nitrogens is 1. The van der Waals surface area contributed by atoms with E-state index >= 15 is 0 Å². The molecule has 0 radical (unpaired) electrons. The third-order valence-electron chi connectivity index (χ3n) is 1.63. The third kappa shape index (κ3) is 1.85. The Labute approximate surface area is 79.1 Å². The van der Waals surface area contributed by atoms with E-state index in [4.69, 9.17) is 0 Å². The highest BCUT2D eigenvalue weighted by Gasteiger charge is 2.20. The normalized spacial score (nSPS) is 10.0. The summed E-state index contributed by atoms with van der Waals surface area (Å²) in [5.74, 6) is -2.93. The zero-order chi connectivity index (χ0) is 10.7. The molecule has 1 aromatic heterocycles. The quantitative estimate of drug-likeness (QED) is 0.671. The predicted octanol–water partition coefficient (Wildman–Crippen LogP) is 0.993. The molecular formula is C8H8F2N2O2. The molecule has 0 spiro atoms. The maximum absolute atomic E-state index is 13.0. The number of amides is 1. The Morgan fingerprint density at radius 3 is 2.36 bits per heavy atom. The van der Waals surface area contributed by atoms with Crippen LogP contribution in [0.5, 0.6) is 0 Å². The van der Waals surface area contributed by atoms with E-state index in [-0.39, 0.29) is 0 Å². The zero-order valence-corrected chi connectivity index (χ0v) is 7.62. The van der Waals surface area contributed by atoms with E-state index in [1.807, 2.05) is 0 Å². The Hall–Kier alpha value is -1.56. The van der Waals surface area contributed by atoms with Crippen molar-refractivity contribution in [3.05, 3.63) is 29.6 Å². The second-order valence-electron chi connectivity index (χ2n) is 2.46. The molecule has 0 aromatic carbocycles. The molecule has 0 N–H and O–H groups in total. The van der Waals surface area contributed by atoms with Gasteiger partial charge in [-0.3, -0.25) is 14.6 Å². The van der Waals surface area contributed by atoms with Gasteiger partial charge in [0.25, 0.3) is 5.91 Å². The lowest BCUT2D eigenvalue weighted by atomic mass is 10.2. The van der Waals surface area contributed by atoms with Crippen LogP contribution in [0.15, 0.2) is 12.4 Å². The van der Waals surface area contributed by atoms with Crippen LogP contribution in [-0.4, -0.2) is 30.1 Å². The minimum absolute atomic E-state index is 0.677. The van der Waals surface area contributed by atoms with Crippen molar-refractivity contribution in [1.82, 2.24) is 10.0 Å². The Kier molecular flexibility index (Phi) is 3.08. The fourth-order valence-electron chi connectivity index (χ4n) is 0.856. The monoisotopic (exact) mass is 202 g/mol. The van der Waals surface area contributed by atoms with E-state index in [1.165, 1.54) is 14.2 Å². The molecule has 0 saturated heterocycles. The van der Waals surface area contributed by atoms with Crippen LogP contribution in [0.2, 0.25) is 0 Å². The van der Waals surface area contributed by atoms with Crippen molar-refractivity contribution in [3.8, 4) is 0 Å². The number of carbonyl (C=O) groups is 1. The van der Waals surface area contributed by atoms with Gasteiger partial charge in [-0.2, -0.15) is 0 Å². The first-order valence-corrected chi connectivity index (χ1v) is 3.69. The lowest BCUT2D eigenvalue weighted by Crippen LogP contribution is -2.27. The van der Waals surface area contributed by atoms with E-state index < -0.39 is 23.1 Å². The molecule has 14 heavy (non-hydrogen) atoms. The van der Waals surface area contributed by atoms with Gasteiger partial charge in [0, 0.05) is 7.05 Å². The van der Waals surface area contributed by atoms with Crippen LogP contribution in [0, 0.1) is 11.6 Å². The molecule has 1 rings (SSSR count). The number of hydrogen-bond acceptors (Lipinski definition) is 3. The number of hydroxylamine groups is 2. The van der Waals surface area contributed by atoms with Gasteiger partial charge in [-0.15, -0.1) is 0 Å². The van der Waals surface area contributed by atoms with Crippen LogP contribution >= 0.6 is 0 Å². The maximum atomic E-state index is 13.0. The highest BCUT2D eigenvalue weighted by Crippen LogP contribution is 2.12. The summed E-state index contributed by atoms with van der Waals surface area (Å²) >= 11 is 0. The SMILES string of the molecule is CON(C)C(=O)c1c(F)cncc1F. The number of hydrogen-bond donors (Lipinski definition) is 0. The summed E-state index contributed by atoms with van der Waals surface area (Å²) in [4.78, 5) is 19.1. The average Bonchev–Trinajstić information content (AvgIpc) is 2.16. The van der Waals surface area contributed by atoms with Crippen molar-refractivity contribution < 1.29 is 18.4 Å². The molecular weight excluding hydrogens is 194 g/mol.